The molecule has 0 aromatic rings. The molecule has 2 rings (SSSR count). The first-order chi connectivity index (χ1) is 12.4. The van der Waals surface area contributed by atoms with E-state index in [4.69, 9.17) is 28.4 Å². The van der Waals surface area contributed by atoms with Gasteiger partial charge in [-0.1, -0.05) is 13.2 Å². The molecule has 2 aliphatic rings. The Morgan fingerprint density at radius 2 is 1.15 bits per heavy atom. The van der Waals surface area contributed by atoms with Crippen LogP contribution in [0.15, 0.2) is 24.3 Å². The van der Waals surface area contributed by atoms with Crippen LogP contribution in [0.25, 0.3) is 0 Å². The van der Waals surface area contributed by atoms with Crippen molar-refractivity contribution in [1.82, 2.24) is 0 Å². The Balaban J connectivity index is 2.15. The van der Waals surface area contributed by atoms with Gasteiger partial charge in [0.05, 0.1) is 0 Å². The molecular formula is C19H30O7. The van der Waals surface area contributed by atoms with Gasteiger partial charge in [0.15, 0.2) is 12.2 Å². The summed E-state index contributed by atoms with van der Waals surface area (Å²) in [5.74, 6) is -2.12. The van der Waals surface area contributed by atoms with Crippen LogP contribution in [-0.2, 0) is 28.4 Å². The molecule has 0 amide bonds. The molecule has 148 valence electrons. The van der Waals surface area contributed by atoms with Crippen molar-refractivity contribution in [3.8, 4) is 0 Å². The molecule has 0 heterocycles. The normalized spacial score (nSPS) is 27.8. The maximum Gasteiger partial charge on any atom is 0.509 e. The SMILES string of the molecule is C=C1CCCC(OC)(OC)C1OC(=O)OC1C(=C)CCCC1(OC)OC. The third kappa shape index (κ3) is 3.81. The monoisotopic (exact) mass is 370 g/mol. The second kappa shape index (κ2) is 8.52. The van der Waals surface area contributed by atoms with Crippen LogP contribution in [0.3, 0.4) is 0 Å². The van der Waals surface area contributed by atoms with Gasteiger partial charge < -0.3 is 28.4 Å². The highest BCUT2D eigenvalue weighted by Gasteiger charge is 2.49. The van der Waals surface area contributed by atoms with E-state index < -0.39 is 29.9 Å². The molecule has 7 heteroatoms. The van der Waals surface area contributed by atoms with Crippen molar-refractivity contribution >= 4 is 6.16 Å². The van der Waals surface area contributed by atoms with Gasteiger partial charge in [-0.25, -0.2) is 4.79 Å². The topological polar surface area (TPSA) is 72.5 Å². The summed E-state index contributed by atoms with van der Waals surface area (Å²) >= 11 is 0. The molecule has 2 atom stereocenters. The van der Waals surface area contributed by atoms with Crippen LogP contribution in [-0.4, -0.2) is 58.4 Å². The summed E-state index contributed by atoms with van der Waals surface area (Å²) in [6, 6.07) is 0. The van der Waals surface area contributed by atoms with Crippen LogP contribution in [0.1, 0.15) is 38.5 Å². The van der Waals surface area contributed by atoms with Gasteiger partial charge in [-0.2, -0.15) is 0 Å². The highest BCUT2D eigenvalue weighted by molar-refractivity contribution is 5.61. The smallest absolute Gasteiger partial charge is 0.421 e. The number of ether oxygens (including phenoxy) is 6. The molecule has 0 spiro atoms. The predicted molar refractivity (Wildman–Crippen MR) is 94.6 cm³/mol. The van der Waals surface area contributed by atoms with E-state index >= 15 is 0 Å². The van der Waals surface area contributed by atoms with Gasteiger partial charge in [-0.15, -0.1) is 0 Å². The van der Waals surface area contributed by atoms with E-state index in [-0.39, 0.29) is 0 Å². The molecule has 2 saturated carbocycles. The van der Waals surface area contributed by atoms with E-state index in [0.29, 0.717) is 12.8 Å². The zero-order valence-corrected chi connectivity index (χ0v) is 16.2. The minimum absolute atomic E-state index is 0.590. The molecule has 0 radical (unpaired) electrons. The van der Waals surface area contributed by atoms with E-state index in [1.165, 1.54) is 28.4 Å². The molecule has 7 nitrogen and oxygen atoms in total. The lowest BCUT2D eigenvalue weighted by molar-refractivity contribution is -0.275. The van der Waals surface area contributed by atoms with Gasteiger partial charge in [-0.05, 0) is 36.8 Å². The zero-order valence-electron chi connectivity index (χ0n) is 16.2. The fraction of sp³-hybridized carbons (Fsp3) is 0.737. The Bertz CT molecular complexity index is 488. The van der Waals surface area contributed by atoms with Crippen LogP contribution in [0.2, 0.25) is 0 Å². The summed E-state index contributed by atoms with van der Waals surface area (Å²) in [6.45, 7) is 8.01. The van der Waals surface area contributed by atoms with Crippen molar-refractivity contribution in [3.05, 3.63) is 24.3 Å². The molecule has 26 heavy (non-hydrogen) atoms. The Kier molecular flexibility index (Phi) is 6.85. The summed E-state index contributed by atoms with van der Waals surface area (Å²) in [6.07, 6.45) is 1.94. The van der Waals surface area contributed by atoms with Crippen LogP contribution < -0.4 is 0 Å². The van der Waals surface area contributed by atoms with Gasteiger partial charge in [0.2, 0.25) is 11.6 Å². The molecule has 2 unspecified atom stereocenters. The van der Waals surface area contributed by atoms with E-state index in [1.807, 2.05) is 0 Å². The summed E-state index contributed by atoms with van der Waals surface area (Å²) in [5, 5.41) is 0. The Hall–Kier alpha value is -1.41. The molecule has 2 aliphatic carbocycles. The molecule has 0 saturated heterocycles. The largest absolute Gasteiger partial charge is 0.509 e. The van der Waals surface area contributed by atoms with Crippen molar-refractivity contribution < 1.29 is 33.2 Å². The van der Waals surface area contributed by atoms with Crippen LogP contribution in [0.4, 0.5) is 4.79 Å². The Morgan fingerprint density at radius 1 is 0.808 bits per heavy atom. The summed E-state index contributed by atoms with van der Waals surface area (Å²) in [7, 11) is 6.09. The number of rotatable bonds is 6. The highest BCUT2D eigenvalue weighted by atomic mass is 16.8. The minimum atomic E-state index is -1.06. The first-order valence-electron chi connectivity index (χ1n) is 8.81. The third-order valence-electron chi connectivity index (χ3n) is 5.40. The highest BCUT2D eigenvalue weighted by Crippen LogP contribution is 2.39. The summed E-state index contributed by atoms with van der Waals surface area (Å²) in [5.41, 5.74) is 1.45. The predicted octanol–water partition coefficient (Wildman–Crippen LogP) is 3.34. The maximum absolute atomic E-state index is 12.6. The lowest BCUT2D eigenvalue weighted by Gasteiger charge is -2.43. The number of hydrogen-bond acceptors (Lipinski definition) is 7. The van der Waals surface area contributed by atoms with Crippen molar-refractivity contribution in [3.63, 3.8) is 0 Å². The van der Waals surface area contributed by atoms with Crippen LogP contribution in [0, 0.1) is 0 Å². The lowest BCUT2D eigenvalue weighted by Crippen LogP contribution is -2.54. The second-order valence-corrected chi connectivity index (χ2v) is 6.71. The molecule has 0 aromatic carbocycles. The van der Waals surface area contributed by atoms with E-state index in [0.717, 1.165) is 36.8 Å². The minimum Gasteiger partial charge on any atom is -0.421 e. The molecule has 0 bridgehead atoms. The zero-order chi connectivity index (χ0) is 19.4. The van der Waals surface area contributed by atoms with Crippen LogP contribution in [0.5, 0.6) is 0 Å². The third-order valence-corrected chi connectivity index (χ3v) is 5.40. The Labute approximate surface area is 155 Å². The standard InChI is InChI=1S/C19H30O7/c1-13-9-7-11-18(21-3,22-4)15(13)25-17(20)26-16-14(2)10-8-12-19(16,23-5)24-6/h15-16H,1-2,7-12H2,3-6H3. The van der Waals surface area contributed by atoms with Gasteiger partial charge in [-0.3, -0.25) is 0 Å². The molecule has 2 fully saturated rings. The van der Waals surface area contributed by atoms with Crippen molar-refractivity contribution in [1.29, 1.82) is 0 Å². The first-order valence-corrected chi connectivity index (χ1v) is 8.81. The molecule has 0 aromatic heterocycles. The fourth-order valence-corrected chi connectivity index (χ4v) is 3.84. The summed E-state index contributed by atoms with van der Waals surface area (Å²) < 4.78 is 33.2. The van der Waals surface area contributed by atoms with Crippen molar-refractivity contribution in [2.45, 2.75) is 62.3 Å². The Morgan fingerprint density at radius 3 is 1.46 bits per heavy atom. The van der Waals surface area contributed by atoms with E-state index in [1.54, 1.807) is 0 Å². The first kappa shape index (κ1) is 20.9. The number of carbonyl (C=O) groups is 1. The molecule has 0 aliphatic heterocycles. The maximum atomic E-state index is 12.6. The average molecular weight is 370 g/mol. The molecule has 0 N–H and O–H groups in total. The lowest BCUT2D eigenvalue weighted by atomic mass is 9.87. The number of carbonyl (C=O) groups excluding carboxylic acids is 1. The summed E-state index contributed by atoms with van der Waals surface area (Å²) in [4.78, 5) is 12.6. The molecular weight excluding hydrogens is 340 g/mol. The average Bonchev–Trinajstić information content (AvgIpc) is 2.65. The quantitative estimate of drug-likeness (QED) is 0.403. The van der Waals surface area contributed by atoms with Crippen molar-refractivity contribution in [2.24, 2.45) is 0 Å². The second-order valence-electron chi connectivity index (χ2n) is 6.71. The van der Waals surface area contributed by atoms with E-state index in [9.17, 15) is 4.79 Å². The van der Waals surface area contributed by atoms with Crippen LogP contribution >= 0.6 is 0 Å². The van der Waals surface area contributed by atoms with Gasteiger partial charge >= 0.3 is 6.16 Å². The fourth-order valence-electron chi connectivity index (χ4n) is 3.84. The number of hydrogen-bond donors (Lipinski definition) is 0. The van der Waals surface area contributed by atoms with Gasteiger partial charge in [0.1, 0.15) is 0 Å². The number of methoxy groups -OCH3 is 4. The van der Waals surface area contributed by atoms with Gasteiger partial charge in [0.25, 0.3) is 0 Å². The van der Waals surface area contributed by atoms with Crippen molar-refractivity contribution in [2.75, 3.05) is 28.4 Å². The van der Waals surface area contributed by atoms with Gasteiger partial charge in [0, 0.05) is 41.3 Å². The van der Waals surface area contributed by atoms with E-state index in [2.05, 4.69) is 13.2 Å².